The second-order valence-electron chi connectivity index (χ2n) is 4.50. The van der Waals surface area contributed by atoms with E-state index in [0.29, 0.717) is 33.0 Å². The maximum atomic E-state index is 10.4. The zero-order valence-corrected chi connectivity index (χ0v) is 11.2. The highest BCUT2D eigenvalue weighted by Gasteiger charge is 2.16. The number of phenolic OH excluding ortho intramolecular Hbond substituents is 2. The van der Waals surface area contributed by atoms with Crippen molar-refractivity contribution in [3.8, 4) is 23.0 Å². The number of phenols is 2. The lowest BCUT2D eigenvalue weighted by atomic mass is 10.00. The molecule has 0 heterocycles. The van der Waals surface area contributed by atoms with E-state index >= 15 is 0 Å². The summed E-state index contributed by atoms with van der Waals surface area (Å²) in [6.07, 6.45) is 0. The monoisotopic (exact) mass is 270 g/mol. The van der Waals surface area contributed by atoms with Gasteiger partial charge in [0.1, 0.15) is 11.5 Å². The van der Waals surface area contributed by atoms with Crippen molar-refractivity contribution in [2.75, 3.05) is 14.2 Å². The molecular weight excluding hydrogens is 256 g/mol. The van der Waals surface area contributed by atoms with Crippen molar-refractivity contribution < 1.29 is 19.7 Å². The standard InChI is InChI=1S/C16H14O4/c1-19-13-7-11-12(8-14(13)20-2)16(18)10-6-4-3-5-9(10)15(11)17/h3-8,17-18H,1-2H3. The zero-order chi connectivity index (χ0) is 14.3. The molecule has 20 heavy (non-hydrogen) atoms. The first-order valence-electron chi connectivity index (χ1n) is 6.15. The van der Waals surface area contributed by atoms with Crippen LogP contribution in [0.3, 0.4) is 0 Å². The maximum Gasteiger partial charge on any atom is 0.161 e. The Morgan fingerprint density at radius 1 is 0.700 bits per heavy atom. The minimum absolute atomic E-state index is 0.120. The molecule has 0 saturated carbocycles. The highest BCUT2D eigenvalue weighted by Crippen LogP contribution is 2.45. The number of ether oxygens (including phenoxy) is 2. The van der Waals surface area contributed by atoms with Gasteiger partial charge in [0.25, 0.3) is 0 Å². The molecule has 0 fully saturated rings. The van der Waals surface area contributed by atoms with E-state index in [4.69, 9.17) is 9.47 Å². The van der Waals surface area contributed by atoms with Crippen LogP contribution in [-0.4, -0.2) is 24.4 Å². The van der Waals surface area contributed by atoms with Crippen molar-refractivity contribution in [1.29, 1.82) is 0 Å². The predicted octanol–water partition coefficient (Wildman–Crippen LogP) is 3.42. The van der Waals surface area contributed by atoms with Crippen LogP contribution in [0.4, 0.5) is 0 Å². The molecule has 4 nitrogen and oxygen atoms in total. The Labute approximate surface area is 115 Å². The first kappa shape index (κ1) is 12.4. The lowest BCUT2D eigenvalue weighted by molar-refractivity contribution is 0.355. The molecule has 0 radical (unpaired) electrons. The topological polar surface area (TPSA) is 58.9 Å². The second kappa shape index (κ2) is 4.49. The minimum atomic E-state index is 0.120. The van der Waals surface area contributed by atoms with E-state index in [1.54, 1.807) is 24.3 Å². The fourth-order valence-corrected chi connectivity index (χ4v) is 2.46. The fraction of sp³-hybridized carbons (Fsp3) is 0.125. The molecule has 3 aromatic carbocycles. The molecule has 0 amide bonds. The molecule has 2 N–H and O–H groups in total. The van der Waals surface area contributed by atoms with Gasteiger partial charge >= 0.3 is 0 Å². The molecule has 102 valence electrons. The number of hydrogen-bond donors (Lipinski definition) is 2. The zero-order valence-electron chi connectivity index (χ0n) is 11.2. The molecule has 0 bridgehead atoms. The molecule has 4 heteroatoms. The van der Waals surface area contributed by atoms with Crippen LogP contribution in [0.15, 0.2) is 36.4 Å². The van der Waals surface area contributed by atoms with Crippen molar-refractivity contribution in [3.05, 3.63) is 36.4 Å². The largest absolute Gasteiger partial charge is 0.507 e. The number of methoxy groups -OCH3 is 2. The van der Waals surface area contributed by atoms with Crippen LogP contribution < -0.4 is 9.47 Å². The van der Waals surface area contributed by atoms with Crippen LogP contribution in [0.5, 0.6) is 23.0 Å². The summed E-state index contributed by atoms with van der Waals surface area (Å²) in [6, 6.07) is 10.5. The Balaban J connectivity index is 2.52. The van der Waals surface area contributed by atoms with Gasteiger partial charge < -0.3 is 19.7 Å². The third kappa shape index (κ3) is 1.61. The number of hydrogen-bond acceptors (Lipinski definition) is 4. The number of aromatic hydroxyl groups is 2. The van der Waals surface area contributed by atoms with Gasteiger partial charge in [-0.15, -0.1) is 0 Å². The molecule has 0 saturated heterocycles. The Bertz CT molecular complexity index is 741. The van der Waals surface area contributed by atoms with Gasteiger partial charge in [-0.3, -0.25) is 0 Å². The summed E-state index contributed by atoms with van der Waals surface area (Å²) in [4.78, 5) is 0. The number of benzene rings is 3. The van der Waals surface area contributed by atoms with Crippen molar-refractivity contribution in [1.82, 2.24) is 0 Å². The van der Waals surface area contributed by atoms with Crippen molar-refractivity contribution in [3.63, 3.8) is 0 Å². The Morgan fingerprint density at radius 3 is 1.45 bits per heavy atom. The Kier molecular flexibility index (Phi) is 2.79. The van der Waals surface area contributed by atoms with E-state index in [1.807, 2.05) is 12.1 Å². The molecule has 3 rings (SSSR count). The first-order valence-corrected chi connectivity index (χ1v) is 6.15. The number of fused-ring (bicyclic) bond motifs is 2. The molecular formula is C16H14O4. The van der Waals surface area contributed by atoms with E-state index in [2.05, 4.69) is 0 Å². The summed E-state index contributed by atoms with van der Waals surface area (Å²) >= 11 is 0. The Hall–Kier alpha value is -2.62. The average molecular weight is 270 g/mol. The van der Waals surface area contributed by atoms with Gasteiger partial charge in [0, 0.05) is 21.5 Å². The summed E-state index contributed by atoms with van der Waals surface area (Å²) in [5, 5.41) is 23.1. The summed E-state index contributed by atoms with van der Waals surface area (Å²) in [7, 11) is 3.06. The lowest BCUT2D eigenvalue weighted by Gasteiger charge is -2.13. The minimum Gasteiger partial charge on any atom is -0.507 e. The summed E-state index contributed by atoms with van der Waals surface area (Å²) in [5.41, 5.74) is 0. The Morgan fingerprint density at radius 2 is 1.10 bits per heavy atom. The highest BCUT2D eigenvalue weighted by atomic mass is 16.5. The smallest absolute Gasteiger partial charge is 0.161 e. The molecule has 0 aliphatic carbocycles. The van der Waals surface area contributed by atoms with Crippen molar-refractivity contribution in [2.24, 2.45) is 0 Å². The van der Waals surface area contributed by atoms with Crippen LogP contribution in [-0.2, 0) is 0 Å². The molecule has 0 unspecified atom stereocenters. The molecule has 0 aliphatic rings. The van der Waals surface area contributed by atoms with Crippen molar-refractivity contribution >= 4 is 21.5 Å². The molecule has 0 spiro atoms. The van der Waals surface area contributed by atoms with Crippen LogP contribution in [0.25, 0.3) is 21.5 Å². The summed E-state index contributed by atoms with van der Waals surface area (Å²) < 4.78 is 10.5. The third-order valence-corrected chi connectivity index (χ3v) is 3.47. The van der Waals surface area contributed by atoms with E-state index in [9.17, 15) is 10.2 Å². The van der Waals surface area contributed by atoms with Gasteiger partial charge in [-0.25, -0.2) is 0 Å². The van der Waals surface area contributed by atoms with Gasteiger partial charge in [0.2, 0.25) is 0 Å². The number of rotatable bonds is 2. The van der Waals surface area contributed by atoms with E-state index in [1.165, 1.54) is 14.2 Å². The fourth-order valence-electron chi connectivity index (χ4n) is 2.46. The van der Waals surface area contributed by atoms with Gasteiger partial charge in [0.15, 0.2) is 11.5 Å². The van der Waals surface area contributed by atoms with Crippen LogP contribution in [0.1, 0.15) is 0 Å². The van der Waals surface area contributed by atoms with E-state index in [0.717, 1.165) is 0 Å². The van der Waals surface area contributed by atoms with Gasteiger partial charge in [-0.2, -0.15) is 0 Å². The quantitative estimate of drug-likeness (QED) is 0.553. The molecule has 0 aromatic heterocycles. The molecule has 0 atom stereocenters. The van der Waals surface area contributed by atoms with E-state index < -0.39 is 0 Å². The van der Waals surface area contributed by atoms with Crippen LogP contribution >= 0.6 is 0 Å². The summed E-state index contributed by atoms with van der Waals surface area (Å²) in [6.45, 7) is 0. The lowest BCUT2D eigenvalue weighted by Crippen LogP contribution is -1.91. The third-order valence-electron chi connectivity index (χ3n) is 3.47. The SMILES string of the molecule is COc1cc2c(O)c3ccccc3c(O)c2cc1OC. The van der Waals surface area contributed by atoms with Gasteiger partial charge in [0.05, 0.1) is 14.2 Å². The summed E-state index contributed by atoms with van der Waals surface area (Å²) in [5.74, 6) is 1.25. The van der Waals surface area contributed by atoms with Crippen LogP contribution in [0, 0.1) is 0 Å². The van der Waals surface area contributed by atoms with Gasteiger partial charge in [-0.05, 0) is 12.1 Å². The average Bonchev–Trinajstić information content (AvgIpc) is 2.51. The first-order chi connectivity index (χ1) is 9.67. The molecule has 0 aliphatic heterocycles. The second-order valence-corrected chi connectivity index (χ2v) is 4.50. The van der Waals surface area contributed by atoms with E-state index in [-0.39, 0.29) is 11.5 Å². The normalized spacial score (nSPS) is 10.9. The molecule has 3 aromatic rings. The van der Waals surface area contributed by atoms with Crippen molar-refractivity contribution in [2.45, 2.75) is 0 Å². The maximum absolute atomic E-state index is 10.4. The highest BCUT2D eigenvalue weighted by molar-refractivity contribution is 6.11. The van der Waals surface area contributed by atoms with Crippen LogP contribution in [0.2, 0.25) is 0 Å². The predicted molar refractivity (Wildman–Crippen MR) is 77.9 cm³/mol. The van der Waals surface area contributed by atoms with Gasteiger partial charge in [-0.1, -0.05) is 24.3 Å².